The number of nitrogens with zero attached hydrogens (tertiary/aromatic N) is 2. The van der Waals surface area contributed by atoms with E-state index in [4.69, 9.17) is 10.1 Å². The third kappa shape index (κ3) is 5.73. The predicted molar refractivity (Wildman–Crippen MR) is 145 cm³/mol. The summed E-state index contributed by atoms with van der Waals surface area (Å²) in [7, 11) is 1.54. The van der Waals surface area contributed by atoms with E-state index >= 15 is 0 Å². The monoisotopic (exact) mass is 538 g/mol. The zero-order chi connectivity index (χ0) is 27.5. The molecule has 0 spiro atoms. The van der Waals surface area contributed by atoms with Crippen LogP contribution in [0.25, 0.3) is 17.0 Å². The van der Waals surface area contributed by atoms with Crippen LogP contribution in [0.3, 0.4) is 0 Å². The van der Waals surface area contributed by atoms with Gasteiger partial charge in [-0.05, 0) is 86.0 Å². The molecule has 1 aromatic heterocycles. The Bertz CT molecular complexity index is 1350. The number of hydrogen-bond donors (Lipinski definition) is 2. The van der Waals surface area contributed by atoms with E-state index in [2.05, 4.69) is 34.3 Å². The number of fused-ring (bicyclic) bond motifs is 1. The van der Waals surface area contributed by atoms with Gasteiger partial charge in [-0.15, -0.1) is 0 Å². The summed E-state index contributed by atoms with van der Waals surface area (Å²) < 4.78 is 45.5. The van der Waals surface area contributed by atoms with Gasteiger partial charge in [-0.3, -0.25) is 15.1 Å². The Hall–Kier alpha value is -3.59. The summed E-state index contributed by atoms with van der Waals surface area (Å²) in [5.41, 5.74) is 2.59. The van der Waals surface area contributed by atoms with Crippen LogP contribution in [0.2, 0.25) is 0 Å². The number of piperidine rings is 2. The number of aromatic amines is 1. The number of para-hydroxylation sites is 1. The standard InChI is InChI=1S/C30H33F3N4O2/c1-39-30(34)29(37-14-8-20(9-15-37)23-18-35-26-5-3-2-4-22(23)26)21-10-12-36(13-11-21)27(38)7-6-19-16-24(31)28(33)25(32)17-19/h2-7,16-18,20-21,29,34-35H,8-15H2,1H3/b7-6+,34-30?. The van der Waals surface area contributed by atoms with Crippen LogP contribution in [0.5, 0.6) is 0 Å². The number of nitrogens with one attached hydrogen (secondary N) is 2. The molecule has 3 heterocycles. The van der Waals surface area contributed by atoms with E-state index in [1.165, 1.54) is 23.1 Å². The minimum atomic E-state index is -1.53. The Labute approximate surface area is 225 Å². The molecule has 0 saturated carbocycles. The van der Waals surface area contributed by atoms with Crippen molar-refractivity contribution in [2.45, 2.75) is 37.6 Å². The van der Waals surface area contributed by atoms with Gasteiger partial charge in [0.25, 0.3) is 0 Å². The lowest BCUT2D eigenvalue weighted by Gasteiger charge is -2.43. The molecular weight excluding hydrogens is 505 g/mol. The molecule has 0 aliphatic carbocycles. The molecular formula is C30H33F3N4O2. The smallest absolute Gasteiger partial charge is 0.246 e. The van der Waals surface area contributed by atoms with Crippen molar-refractivity contribution in [3.63, 3.8) is 0 Å². The van der Waals surface area contributed by atoms with Gasteiger partial charge in [0.2, 0.25) is 5.91 Å². The summed E-state index contributed by atoms with van der Waals surface area (Å²) in [4.78, 5) is 20.2. The summed E-state index contributed by atoms with van der Waals surface area (Å²) in [5.74, 6) is -3.49. The van der Waals surface area contributed by atoms with Crippen molar-refractivity contribution in [1.29, 1.82) is 5.41 Å². The molecule has 1 atom stereocenters. The minimum absolute atomic E-state index is 0.0827. The summed E-state index contributed by atoms with van der Waals surface area (Å²) in [6.45, 7) is 2.76. The second-order valence-corrected chi connectivity index (χ2v) is 10.4. The average molecular weight is 539 g/mol. The van der Waals surface area contributed by atoms with Gasteiger partial charge in [0, 0.05) is 36.3 Å². The van der Waals surface area contributed by atoms with Gasteiger partial charge in [-0.1, -0.05) is 18.2 Å². The van der Waals surface area contributed by atoms with Crippen LogP contribution in [0.4, 0.5) is 13.2 Å². The largest absolute Gasteiger partial charge is 0.483 e. The maximum atomic E-state index is 13.5. The van der Waals surface area contributed by atoms with Gasteiger partial charge in [0.1, 0.15) is 0 Å². The highest BCUT2D eigenvalue weighted by atomic mass is 19.2. The van der Waals surface area contributed by atoms with E-state index in [9.17, 15) is 18.0 Å². The fourth-order valence-corrected chi connectivity index (χ4v) is 6.10. The lowest BCUT2D eigenvalue weighted by Crippen LogP contribution is -2.52. The molecule has 1 unspecified atom stereocenters. The molecule has 0 bridgehead atoms. The fraction of sp³-hybridized carbons (Fsp3) is 0.400. The van der Waals surface area contributed by atoms with Gasteiger partial charge in [0.15, 0.2) is 23.3 Å². The van der Waals surface area contributed by atoms with Gasteiger partial charge in [0.05, 0.1) is 13.2 Å². The number of likely N-dealkylation sites (tertiary alicyclic amines) is 2. The first-order valence-corrected chi connectivity index (χ1v) is 13.4. The first kappa shape index (κ1) is 27.0. The maximum Gasteiger partial charge on any atom is 0.246 e. The molecule has 2 saturated heterocycles. The van der Waals surface area contributed by atoms with Crippen molar-refractivity contribution in [3.8, 4) is 0 Å². The van der Waals surface area contributed by atoms with Crippen molar-refractivity contribution in [1.82, 2.24) is 14.8 Å². The van der Waals surface area contributed by atoms with Crippen molar-refractivity contribution in [2.24, 2.45) is 5.92 Å². The Balaban J connectivity index is 1.19. The predicted octanol–water partition coefficient (Wildman–Crippen LogP) is 5.71. The number of carbonyl (C=O) groups is 1. The third-order valence-electron chi connectivity index (χ3n) is 8.19. The SMILES string of the molecule is COC(=N)C(C1CCN(C(=O)/C=C/c2cc(F)c(F)c(F)c2)CC1)N1CCC(c2c[nH]c3ccccc23)CC1. The first-order chi connectivity index (χ1) is 18.9. The molecule has 1 amide bonds. The van der Waals surface area contributed by atoms with Gasteiger partial charge in [-0.25, -0.2) is 13.2 Å². The van der Waals surface area contributed by atoms with Gasteiger partial charge < -0.3 is 14.6 Å². The zero-order valence-corrected chi connectivity index (χ0v) is 21.9. The van der Waals surface area contributed by atoms with Crippen LogP contribution in [-0.4, -0.2) is 65.9 Å². The van der Waals surface area contributed by atoms with E-state index < -0.39 is 17.5 Å². The molecule has 3 aromatic rings. The minimum Gasteiger partial charge on any atom is -0.483 e. The molecule has 39 heavy (non-hydrogen) atoms. The molecule has 9 heteroatoms. The number of hydrogen-bond acceptors (Lipinski definition) is 4. The highest BCUT2D eigenvalue weighted by Gasteiger charge is 2.37. The molecule has 0 radical (unpaired) electrons. The number of halogens is 3. The van der Waals surface area contributed by atoms with Crippen LogP contribution in [0, 0.1) is 28.8 Å². The van der Waals surface area contributed by atoms with E-state index in [-0.39, 0.29) is 29.3 Å². The van der Waals surface area contributed by atoms with Crippen molar-refractivity contribution in [3.05, 3.63) is 77.2 Å². The lowest BCUT2D eigenvalue weighted by atomic mass is 9.84. The van der Waals surface area contributed by atoms with Crippen molar-refractivity contribution < 1.29 is 22.7 Å². The molecule has 206 valence electrons. The van der Waals surface area contributed by atoms with E-state index in [0.717, 1.165) is 56.4 Å². The normalized spacial score (nSPS) is 18.6. The number of benzene rings is 2. The number of amides is 1. The van der Waals surface area contributed by atoms with Gasteiger partial charge in [-0.2, -0.15) is 0 Å². The molecule has 6 nitrogen and oxygen atoms in total. The fourth-order valence-electron chi connectivity index (χ4n) is 6.10. The highest BCUT2D eigenvalue weighted by molar-refractivity contribution is 5.92. The summed E-state index contributed by atoms with van der Waals surface area (Å²) in [5, 5.41) is 9.84. The third-order valence-corrected chi connectivity index (χ3v) is 8.19. The van der Waals surface area contributed by atoms with Crippen LogP contribution in [0.15, 0.2) is 48.7 Å². The van der Waals surface area contributed by atoms with E-state index in [1.54, 1.807) is 12.0 Å². The molecule has 2 aliphatic heterocycles. The summed E-state index contributed by atoms with van der Waals surface area (Å²) in [6.07, 6.45) is 8.13. The Morgan fingerprint density at radius 1 is 1.05 bits per heavy atom. The molecule has 2 N–H and O–H groups in total. The van der Waals surface area contributed by atoms with E-state index in [1.807, 2.05) is 6.07 Å². The number of aromatic nitrogens is 1. The average Bonchev–Trinajstić information content (AvgIpc) is 3.39. The number of rotatable bonds is 6. The van der Waals surface area contributed by atoms with Crippen LogP contribution < -0.4 is 0 Å². The number of methoxy groups -OCH3 is 1. The maximum absolute atomic E-state index is 13.5. The van der Waals surface area contributed by atoms with Crippen LogP contribution in [0.1, 0.15) is 42.7 Å². The van der Waals surface area contributed by atoms with Crippen molar-refractivity contribution >= 4 is 28.8 Å². The van der Waals surface area contributed by atoms with E-state index in [0.29, 0.717) is 19.0 Å². The lowest BCUT2D eigenvalue weighted by molar-refractivity contribution is -0.127. The second kappa shape index (κ2) is 11.7. The molecule has 2 fully saturated rings. The van der Waals surface area contributed by atoms with Crippen LogP contribution >= 0.6 is 0 Å². The summed E-state index contributed by atoms with van der Waals surface area (Å²) >= 11 is 0. The Kier molecular flexibility index (Phi) is 8.07. The van der Waals surface area contributed by atoms with Crippen LogP contribution in [-0.2, 0) is 9.53 Å². The van der Waals surface area contributed by atoms with Crippen molar-refractivity contribution in [2.75, 3.05) is 33.3 Å². The second-order valence-electron chi connectivity index (χ2n) is 10.4. The topological polar surface area (TPSA) is 72.4 Å². The first-order valence-electron chi connectivity index (χ1n) is 13.4. The summed E-state index contributed by atoms with van der Waals surface area (Å²) in [6, 6.07) is 9.94. The zero-order valence-electron chi connectivity index (χ0n) is 21.9. The number of ether oxygens (including phenoxy) is 1. The molecule has 5 rings (SSSR count). The Morgan fingerprint density at radius 2 is 1.72 bits per heavy atom. The quantitative estimate of drug-likeness (QED) is 0.183. The number of carbonyl (C=O) groups excluding carboxylic acids is 1. The number of H-pyrrole nitrogens is 1. The molecule has 2 aliphatic rings. The molecule has 2 aromatic carbocycles. The Morgan fingerprint density at radius 3 is 2.38 bits per heavy atom. The van der Waals surface area contributed by atoms with Gasteiger partial charge >= 0.3 is 0 Å². The highest BCUT2D eigenvalue weighted by Crippen LogP contribution is 2.35.